The van der Waals surface area contributed by atoms with Crippen LogP contribution in [-0.4, -0.2) is 14.2 Å². The highest BCUT2D eigenvalue weighted by Gasteiger charge is 2.32. The Hall–Kier alpha value is -3.13. The molecular formula is C26H23ClN2O3S2. The molecule has 0 radical (unpaired) electrons. The molecule has 1 heterocycles. The van der Waals surface area contributed by atoms with Gasteiger partial charge in [0.25, 0.3) is 0 Å². The fraction of sp³-hybridized carbons (Fsp3) is 0.115. The van der Waals surface area contributed by atoms with Gasteiger partial charge in [0.1, 0.15) is 14.8 Å². The van der Waals surface area contributed by atoms with E-state index in [4.69, 9.17) is 17.3 Å². The number of carbonyl (C=O) groups is 1. The Morgan fingerprint density at radius 3 is 2.29 bits per heavy atom. The van der Waals surface area contributed by atoms with E-state index >= 15 is 0 Å². The smallest absolute Gasteiger partial charge is 0.211 e. The highest BCUT2D eigenvalue weighted by atomic mass is 35.5. The zero-order valence-electron chi connectivity index (χ0n) is 18.6. The molecule has 174 valence electrons. The molecule has 34 heavy (non-hydrogen) atoms. The number of benzene rings is 3. The summed E-state index contributed by atoms with van der Waals surface area (Å²) in [6, 6.07) is 20.6. The van der Waals surface area contributed by atoms with Crippen LogP contribution in [0.1, 0.15) is 33.3 Å². The monoisotopic (exact) mass is 510 g/mol. The predicted octanol–water partition coefficient (Wildman–Crippen LogP) is 6.66. The van der Waals surface area contributed by atoms with Gasteiger partial charge in [-0.2, -0.15) is 0 Å². The lowest BCUT2D eigenvalue weighted by atomic mass is 10.1. The van der Waals surface area contributed by atoms with Crippen molar-refractivity contribution in [1.29, 1.82) is 0 Å². The molecule has 0 spiro atoms. The summed E-state index contributed by atoms with van der Waals surface area (Å²) in [6.45, 7) is 3.94. The van der Waals surface area contributed by atoms with Crippen LogP contribution < -0.4 is 11.1 Å². The number of sulfone groups is 1. The van der Waals surface area contributed by atoms with Gasteiger partial charge in [-0.25, -0.2) is 8.42 Å². The SMILES string of the molecule is CCc1ccccc1Nc1sc(C(=O)c2ccc(C)cc2)c(N)c1S(=O)(=O)c1ccc(Cl)cc1. The zero-order valence-corrected chi connectivity index (χ0v) is 21.0. The zero-order chi connectivity index (χ0) is 24.5. The summed E-state index contributed by atoms with van der Waals surface area (Å²) >= 11 is 7.00. The molecule has 0 saturated heterocycles. The molecule has 4 aromatic rings. The fourth-order valence-corrected chi connectivity index (χ4v) is 6.64. The van der Waals surface area contributed by atoms with E-state index < -0.39 is 9.84 Å². The fourth-order valence-electron chi connectivity index (χ4n) is 3.59. The number of thiophene rings is 1. The van der Waals surface area contributed by atoms with Gasteiger partial charge in [-0.15, -0.1) is 11.3 Å². The molecule has 0 atom stereocenters. The van der Waals surface area contributed by atoms with Crippen molar-refractivity contribution in [3.05, 3.63) is 99.4 Å². The van der Waals surface area contributed by atoms with Crippen molar-refractivity contribution in [2.45, 2.75) is 30.1 Å². The number of rotatable bonds is 7. The van der Waals surface area contributed by atoms with Crippen molar-refractivity contribution < 1.29 is 13.2 Å². The van der Waals surface area contributed by atoms with Crippen LogP contribution in [0.5, 0.6) is 0 Å². The molecule has 0 amide bonds. The number of ketones is 1. The average molecular weight is 511 g/mol. The van der Waals surface area contributed by atoms with Gasteiger partial charge in [0.2, 0.25) is 15.6 Å². The lowest BCUT2D eigenvalue weighted by Crippen LogP contribution is -2.08. The molecule has 3 N–H and O–H groups in total. The second-order valence-corrected chi connectivity index (χ2v) is 11.1. The quantitative estimate of drug-likeness (QED) is 0.271. The second kappa shape index (κ2) is 9.62. The molecule has 8 heteroatoms. The molecular weight excluding hydrogens is 488 g/mol. The van der Waals surface area contributed by atoms with Crippen LogP contribution in [0.15, 0.2) is 82.6 Å². The number of carbonyl (C=O) groups excluding carboxylic acids is 1. The number of para-hydroxylation sites is 1. The Bertz CT molecular complexity index is 1460. The Balaban J connectivity index is 1.90. The van der Waals surface area contributed by atoms with E-state index in [0.29, 0.717) is 15.6 Å². The Morgan fingerprint density at radius 1 is 1.00 bits per heavy atom. The van der Waals surface area contributed by atoms with Crippen LogP contribution in [0.4, 0.5) is 16.4 Å². The molecule has 0 aliphatic carbocycles. The largest absolute Gasteiger partial charge is 0.396 e. The predicted molar refractivity (Wildman–Crippen MR) is 139 cm³/mol. The van der Waals surface area contributed by atoms with E-state index in [-0.39, 0.29) is 26.1 Å². The molecule has 4 rings (SSSR count). The van der Waals surface area contributed by atoms with Crippen LogP contribution in [0, 0.1) is 6.92 Å². The number of hydrogen-bond acceptors (Lipinski definition) is 6. The molecule has 0 aliphatic heterocycles. The molecule has 0 fully saturated rings. The first-order valence-electron chi connectivity index (χ1n) is 10.6. The normalized spacial score (nSPS) is 11.4. The van der Waals surface area contributed by atoms with Crippen LogP contribution >= 0.6 is 22.9 Å². The first-order chi connectivity index (χ1) is 16.2. The molecule has 5 nitrogen and oxygen atoms in total. The maximum atomic E-state index is 13.7. The van der Waals surface area contributed by atoms with E-state index in [2.05, 4.69) is 5.32 Å². The Labute approximate surface area is 208 Å². The minimum absolute atomic E-state index is 0.0440. The van der Waals surface area contributed by atoms with Gasteiger partial charge < -0.3 is 11.1 Å². The van der Waals surface area contributed by atoms with Crippen LogP contribution in [0.3, 0.4) is 0 Å². The maximum absolute atomic E-state index is 13.7. The first kappa shape index (κ1) is 24.0. The highest BCUT2D eigenvalue weighted by molar-refractivity contribution is 7.92. The van der Waals surface area contributed by atoms with Gasteiger partial charge in [0.15, 0.2) is 0 Å². The number of anilines is 3. The lowest BCUT2D eigenvalue weighted by Gasteiger charge is -2.12. The van der Waals surface area contributed by atoms with Gasteiger partial charge in [0, 0.05) is 16.3 Å². The maximum Gasteiger partial charge on any atom is 0.211 e. The van der Waals surface area contributed by atoms with Gasteiger partial charge in [-0.1, -0.05) is 66.6 Å². The summed E-state index contributed by atoms with van der Waals surface area (Å²) in [6.07, 6.45) is 0.748. The Kier molecular flexibility index (Phi) is 6.79. The summed E-state index contributed by atoms with van der Waals surface area (Å²) in [5.41, 5.74) is 9.55. The van der Waals surface area contributed by atoms with Crippen molar-refractivity contribution >= 4 is 54.9 Å². The second-order valence-electron chi connectivity index (χ2n) is 7.79. The van der Waals surface area contributed by atoms with Gasteiger partial charge in [-0.05, 0) is 49.2 Å². The summed E-state index contributed by atoms with van der Waals surface area (Å²) in [7, 11) is -4.05. The summed E-state index contributed by atoms with van der Waals surface area (Å²) in [5, 5.41) is 3.95. The molecule has 0 aliphatic rings. The van der Waals surface area contributed by atoms with Crippen molar-refractivity contribution in [3.63, 3.8) is 0 Å². The van der Waals surface area contributed by atoms with Crippen LogP contribution in [-0.2, 0) is 16.3 Å². The third kappa shape index (κ3) is 4.59. The summed E-state index contributed by atoms with van der Waals surface area (Å²) < 4.78 is 27.4. The van der Waals surface area contributed by atoms with E-state index in [9.17, 15) is 13.2 Å². The van der Waals surface area contributed by atoms with Gasteiger partial charge in [0.05, 0.1) is 10.6 Å². The summed E-state index contributed by atoms with van der Waals surface area (Å²) in [5.74, 6) is -0.327. The summed E-state index contributed by atoms with van der Waals surface area (Å²) in [4.78, 5) is 13.4. The topological polar surface area (TPSA) is 89.3 Å². The molecule has 1 aromatic heterocycles. The number of nitrogens with two attached hydrogens (primary N) is 1. The minimum Gasteiger partial charge on any atom is -0.396 e. The Morgan fingerprint density at radius 2 is 1.65 bits per heavy atom. The molecule has 0 unspecified atom stereocenters. The third-order valence-electron chi connectivity index (χ3n) is 5.46. The first-order valence-corrected chi connectivity index (χ1v) is 13.3. The number of nitrogens with one attached hydrogen (secondary N) is 1. The third-order valence-corrected chi connectivity index (χ3v) is 8.81. The molecule has 0 saturated carbocycles. The van der Waals surface area contributed by atoms with Crippen molar-refractivity contribution in [1.82, 2.24) is 0 Å². The van der Waals surface area contributed by atoms with Crippen LogP contribution in [0.25, 0.3) is 0 Å². The number of nitrogen functional groups attached to an aromatic ring is 1. The van der Waals surface area contributed by atoms with E-state index in [0.717, 1.165) is 34.6 Å². The molecule has 3 aromatic carbocycles. The number of aryl methyl sites for hydroxylation is 2. The lowest BCUT2D eigenvalue weighted by molar-refractivity contribution is 0.104. The van der Waals surface area contributed by atoms with Crippen molar-refractivity contribution in [2.24, 2.45) is 0 Å². The van der Waals surface area contributed by atoms with Crippen molar-refractivity contribution in [2.75, 3.05) is 11.1 Å². The van der Waals surface area contributed by atoms with Crippen LogP contribution in [0.2, 0.25) is 5.02 Å². The van der Waals surface area contributed by atoms with E-state index in [1.54, 1.807) is 12.1 Å². The van der Waals surface area contributed by atoms with Gasteiger partial charge >= 0.3 is 0 Å². The van der Waals surface area contributed by atoms with E-state index in [1.807, 2.05) is 50.2 Å². The van der Waals surface area contributed by atoms with Gasteiger partial charge in [-0.3, -0.25) is 4.79 Å². The number of hydrogen-bond donors (Lipinski definition) is 2. The minimum atomic E-state index is -4.05. The number of halogens is 1. The molecule has 0 bridgehead atoms. The van der Waals surface area contributed by atoms with Crippen molar-refractivity contribution in [3.8, 4) is 0 Å². The average Bonchev–Trinajstić information content (AvgIpc) is 3.16. The van der Waals surface area contributed by atoms with E-state index in [1.165, 1.54) is 24.3 Å². The highest BCUT2D eigenvalue weighted by Crippen LogP contribution is 2.44. The standard InChI is InChI=1S/C26H23ClN2O3S2/c1-3-17-6-4-5-7-21(17)29-26-25(34(31,32)20-14-12-19(27)13-15-20)22(28)24(33-26)23(30)18-10-8-16(2)9-11-18/h4-15,29H,3,28H2,1-2H3.